The Morgan fingerprint density at radius 2 is 1.76 bits per heavy atom. The molecule has 1 N–H and O–H groups in total. The van der Waals surface area contributed by atoms with E-state index in [1.165, 1.54) is 10.6 Å². The van der Waals surface area contributed by atoms with Crippen molar-refractivity contribution in [1.82, 2.24) is 9.55 Å². The first-order valence-electron chi connectivity index (χ1n) is 5.63. The molecule has 108 valence electrons. The number of nitrogens with zero attached hydrogens (tertiary/aromatic N) is 1. The fourth-order valence-electron chi connectivity index (χ4n) is 2.02. The Morgan fingerprint density at radius 1 is 1.05 bits per heavy atom. The molecule has 2 nitrogen and oxygen atoms in total. The van der Waals surface area contributed by atoms with Crippen LogP contribution in [0, 0.1) is 25.8 Å². The molecule has 0 bridgehead atoms. The molecule has 0 saturated heterocycles. The molecule has 0 atom stereocenters. The Kier molecular flexibility index (Phi) is 3.87. The normalized spacial score (nSPS) is 11.3. The predicted molar refractivity (Wildman–Crippen MR) is 88.8 cm³/mol. The molecule has 1 heterocycles. The van der Waals surface area contributed by atoms with Crippen molar-refractivity contribution in [2.75, 3.05) is 0 Å². The highest BCUT2D eigenvalue weighted by Gasteiger charge is 2.15. The maximum Gasteiger partial charge on any atom is 0.182 e. The van der Waals surface area contributed by atoms with Crippen LogP contribution in [-0.2, 0) is 0 Å². The van der Waals surface area contributed by atoms with Crippen molar-refractivity contribution in [2.24, 2.45) is 0 Å². The average molecular weight is 485 g/mol. The molecule has 0 aliphatic heterocycles. The van der Waals surface area contributed by atoms with Crippen molar-refractivity contribution in [1.29, 1.82) is 0 Å². The smallest absolute Gasteiger partial charge is 0.182 e. The molecule has 2 aromatic carbocycles. The number of rotatable bonds is 1. The van der Waals surface area contributed by atoms with Crippen LogP contribution in [0.25, 0.3) is 16.7 Å². The zero-order valence-electron chi connectivity index (χ0n) is 10.1. The average Bonchev–Trinajstić information content (AvgIpc) is 2.70. The molecule has 8 heteroatoms. The van der Waals surface area contributed by atoms with Crippen molar-refractivity contribution >= 4 is 61.8 Å². The van der Waals surface area contributed by atoms with Gasteiger partial charge in [0, 0.05) is 12.1 Å². The molecule has 0 saturated carbocycles. The summed E-state index contributed by atoms with van der Waals surface area (Å²) in [7, 11) is 0. The summed E-state index contributed by atoms with van der Waals surface area (Å²) >= 11 is 9.90. The molecule has 0 aliphatic carbocycles. The Balaban J connectivity index is 2.40. The molecule has 3 aromatic rings. The van der Waals surface area contributed by atoms with Crippen LogP contribution in [0.3, 0.4) is 0 Å². The highest BCUT2D eigenvalue weighted by Crippen LogP contribution is 2.27. The maximum atomic E-state index is 14.1. The minimum absolute atomic E-state index is 0.0100. The largest absolute Gasteiger partial charge is 0.330 e. The molecular weight excluding hydrogens is 480 g/mol. The lowest BCUT2D eigenvalue weighted by Gasteiger charge is -2.08. The third kappa shape index (κ3) is 2.53. The molecule has 0 unspecified atom stereocenters. The van der Waals surface area contributed by atoms with Crippen molar-refractivity contribution in [3.63, 3.8) is 0 Å². The lowest BCUT2D eigenvalue weighted by atomic mass is 10.2. The minimum Gasteiger partial charge on any atom is -0.330 e. The van der Waals surface area contributed by atoms with Gasteiger partial charge >= 0.3 is 0 Å². The Hall–Kier alpha value is -0.870. The van der Waals surface area contributed by atoms with Crippen LogP contribution in [0.15, 0.2) is 28.7 Å². The van der Waals surface area contributed by atoms with Gasteiger partial charge in [-0.15, -0.1) is 0 Å². The number of aromatic nitrogens is 2. The zero-order chi connectivity index (χ0) is 15.3. The number of imidazole rings is 1. The van der Waals surface area contributed by atoms with Gasteiger partial charge in [0.2, 0.25) is 0 Å². The lowest BCUT2D eigenvalue weighted by molar-refractivity contribution is 0.587. The van der Waals surface area contributed by atoms with E-state index in [9.17, 15) is 13.2 Å². The van der Waals surface area contributed by atoms with Crippen LogP contribution in [0.5, 0.6) is 0 Å². The number of benzene rings is 2. The lowest BCUT2D eigenvalue weighted by Crippen LogP contribution is -2.00. The number of H-pyrrole nitrogens is 1. The van der Waals surface area contributed by atoms with Crippen LogP contribution in [-0.4, -0.2) is 9.55 Å². The van der Waals surface area contributed by atoms with Gasteiger partial charge in [-0.3, -0.25) is 4.57 Å². The second-order valence-corrected chi connectivity index (χ2v) is 6.67. The van der Waals surface area contributed by atoms with E-state index in [4.69, 9.17) is 12.2 Å². The van der Waals surface area contributed by atoms with E-state index in [2.05, 4.69) is 20.9 Å². The summed E-state index contributed by atoms with van der Waals surface area (Å²) in [4.78, 5) is 2.86. The molecule has 0 radical (unpaired) electrons. The quantitative estimate of drug-likeness (QED) is 0.276. The van der Waals surface area contributed by atoms with Gasteiger partial charge in [0.05, 0.1) is 24.8 Å². The number of nitrogens with one attached hydrogen (secondary N) is 1. The molecule has 0 fully saturated rings. The van der Waals surface area contributed by atoms with Crippen molar-refractivity contribution in [2.45, 2.75) is 0 Å². The molecule has 21 heavy (non-hydrogen) atoms. The number of hydrogen-bond acceptors (Lipinski definition) is 1. The van der Waals surface area contributed by atoms with E-state index in [-0.39, 0.29) is 14.9 Å². The molecule has 3 rings (SSSR count). The molecular formula is C13H5BrF3IN2S. The number of halogens is 5. The van der Waals surface area contributed by atoms with Crippen LogP contribution >= 0.6 is 50.7 Å². The third-order valence-corrected chi connectivity index (χ3v) is 4.67. The van der Waals surface area contributed by atoms with Crippen molar-refractivity contribution in [3.8, 4) is 5.69 Å². The van der Waals surface area contributed by atoms with Gasteiger partial charge in [-0.05, 0) is 62.9 Å². The van der Waals surface area contributed by atoms with Crippen molar-refractivity contribution < 1.29 is 13.2 Å². The zero-order valence-corrected chi connectivity index (χ0v) is 14.6. The van der Waals surface area contributed by atoms with Gasteiger partial charge in [-0.1, -0.05) is 0 Å². The fraction of sp³-hybridized carbons (Fsp3) is 0. The minimum atomic E-state index is -0.667. The first kappa shape index (κ1) is 15.0. The van der Waals surface area contributed by atoms with Crippen LogP contribution < -0.4 is 0 Å². The number of hydrogen-bond donors (Lipinski definition) is 1. The predicted octanol–water partition coefficient (Wildman–Crippen LogP) is 5.47. The van der Waals surface area contributed by atoms with E-state index in [0.29, 0.717) is 14.6 Å². The van der Waals surface area contributed by atoms with E-state index in [1.54, 1.807) is 6.07 Å². The highest BCUT2D eigenvalue weighted by atomic mass is 127. The molecule has 0 aliphatic rings. The Bertz CT molecular complexity index is 935. The monoisotopic (exact) mass is 484 g/mol. The van der Waals surface area contributed by atoms with Crippen molar-refractivity contribution in [3.05, 3.63) is 54.5 Å². The summed E-state index contributed by atoms with van der Waals surface area (Å²) in [5, 5.41) is 0. The van der Waals surface area contributed by atoms with E-state index in [1.807, 2.05) is 22.6 Å². The summed E-state index contributed by atoms with van der Waals surface area (Å²) in [6, 6.07) is 4.82. The van der Waals surface area contributed by atoms with E-state index in [0.717, 1.165) is 12.1 Å². The second kappa shape index (κ2) is 5.40. The number of fused-ring (bicyclic) bond motifs is 1. The SMILES string of the molecule is Fc1cc(-n2c(=S)[nH]c3cc(I)c(F)cc32)c(F)cc1Br. The van der Waals surface area contributed by atoms with Gasteiger partial charge in [-0.2, -0.15) is 0 Å². The molecule has 0 spiro atoms. The van der Waals surface area contributed by atoms with E-state index >= 15 is 0 Å². The van der Waals surface area contributed by atoms with Gasteiger partial charge in [-0.25, -0.2) is 13.2 Å². The van der Waals surface area contributed by atoms with Crippen LogP contribution in [0.2, 0.25) is 0 Å². The standard InChI is InChI=1S/C13H5BrF3IN2S/c14-5-1-8(17)11(2-6(5)15)20-12-3-7(16)9(18)4-10(12)19-13(20)21/h1-4H,(H,19,21). The number of aromatic amines is 1. The topological polar surface area (TPSA) is 20.7 Å². The second-order valence-electron chi connectivity index (χ2n) is 4.27. The van der Waals surface area contributed by atoms with Gasteiger partial charge in [0.25, 0.3) is 0 Å². The fourth-order valence-corrected chi connectivity index (χ4v) is 3.11. The molecule has 1 aromatic heterocycles. The van der Waals surface area contributed by atoms with Gasteiger partial charge < -0.3 is 4.98 Å². The summed E-state index contributed by atoms with van der Waals surface area (Å²) in [5.74, 6) is -1.75. The van der Waals surface area contributed by atoms with E-state index < -0.39 is 17.5 Å². The molecule has 0 amide bonds. The summed E-state index contributed by atoms with van der Waals surface area (Å²) in [5.41, 5.74) is 0.819. The third-order valence-electron chi connectivity index (χ3n) is 2.95. The maximum absolute atomic E-state index is 14.1. The van der Waals surface area contributed by atoms with Gasteiger partial charge in [0.15, 0.2) is 4.77 Å². The van der Waals surface area contributed by atoms with Crippen LogP contribution in [0.4, 0.5) is 13.2 Å². The summed E-state index contributed by atoms with van der Waals surface area (Å²) in [6.45, 7) is 0. The van der Waals surface area contributed by atoms with Crippen LogP contribution in [0.1, 0.15) is 0 Å². The van der Waals surface area contributed by atoms with Gasteiger partial charge in [0.1, 0.15) is 17.5 Å². The first-order valence-corrected chi connectivity index (χ1v) is 7.91. The first-order chi connectivity index (χ1) is 9.88. The Morgan fingerprint density at radius 3 is 2.48 bits per heavy atom. The summed E-state index contributed by atoms with van der Waals surface area (Å²) in [6.07, 6.45) is 0. The highest BCUT2D eigenvalue weighted by molar-refractivity contribution is 14.1. The Labute approximate surface area is 144 Å². The summed E-state index contributed by atoms with van der Waals surface area (Å²) < 4.78 is 43.4.